The number of hydrogen-bond donors (Lipinski definition) is 2. The van der Waals surface area contributed by atoms with Crippen LogP contribution >= 0.6 is 0 Å². The van der Waals surface area contributed by atoms with Crippen molar-refractivity contribution in [3.8, 4) is 11.5 Å². The van der Waals surface area contributed by atoms with Gasteiger partial charge in [0.05, 0.1) is 6.54 Å². The first kappa shape index (κ1) is 20.4. The maximum Gasteiger partial charge on any atom is 0.226 e. The molecule has 1 aliphatic heterocycles. The van der Waals surface area contributed by atoms with Crippen LogP contribution in [0.25, 0.3) is 11.5 Å². The van der Waals surface area contributed by atoms with Crippen LogP contribution in [0.4, 0.5) is 0 Å². The second-order valence-corrected chi connectivity index (χ2v) is 7.51. The van der Waals surface area contributed by atoms with Crippen LogP contribution in [0.5, 0.6) is 0 Å². The van der Waals surface area contributed by atoms with Crippen molar-refractivity contribution in [1.29, 1.82) is 0 Å². The smallest absolute Gasteiger partial charge is 0.226 e. The number of nitrogens with zero attached hydrogens (tertiary/aromatic N) is 3. The van der Waals surface area contributed by atoms with Gasteiger partial charge in [0, 0.05) is 18.7 Å². The molecule has 6 nitrogen and oxygen atoms in total. The summed E-state index contributed by atoms with van der Waals surface area (Å²) in [5, 5.41) is 6.73. The molecule has 3 rings (SSSR count). The molecule has 1 aromatic carbocycles. The quantitative estimate of drug-likeness (QED) is 0.415. The number of likely N-dealkylation sites (tertiary alicyclic amines) is 1. The zero-order valence-corrected chi connectivity index (χ0v) is 17.2. The van der Waals surface area contributed by atoms with E-state index in [1.165, 1.54) is 25.9 Å². The number of nitrogens with one attached hydrogen (secondary N) is 2. The Balaban J connectivity index is 1.44. The van der Waals surface area contributed by atoms with Crippen molar-refractivity contribution in [3.63, 3.8) is 0 Å². The summed E-state index contributed by atoms with van der Waals surface area (Å²) in [5.41, 5.74) is 1.81. The minimum absolute atomic E-state index is 0.496. The van der Waals surface area contributed by atoms with E-state index in [-0.39, 0.29) is 0 Å². The summed E-state index contributed by atoms with van der Waals surface area (Å²) in [4.78, 5) is 11.8. The van der Waals surface area contributed by atoms with Gasteiger partial charge in [-0.15, -0.1) is 0 Å². The van der Waals surface area contributed by atoms with Crippen molar-refractivity contribution in [2.45, 2.75) is 39.7 Å². The maximum atomic E-state index is 5.59. The lowest BCUT2D eigenvalue weighted by molar-refractivity contribution is 0.191. The topological polar surface area (TPSA) is 65.7 Å². The highest BCUT2D eigenvalue weighted by molar-refractivity contribution is 5.79. The largest absolute Gasteiger partial charge is 0.444 e. The van der Waals surface area contributed by atoms with Crippen molar-refractivity contribution < 1.29 is 4.42 Å². The third kappa shape index (κ3) is 6.37. The molecule has 1 aliphatic rings. The molecule has 0 radical (unpaired) electrons. The van der Waals surface area contributed by atoms with E-state index >= 15 is 0 Å². The van der Waals surface area contributed by atoms with Gasteiger partial charge in [0.2, 0.25) is 5.89 Å². The highest BCUT2D eigenvalue weighted by atomic mass is 16.3. The number of aromatic nitrogens is 1. The molecule has 0 atom stereocenters. The summed E-state index contributed by atoms with van der Waals surface area (Å²) in [6, 6.07) is 9.93. The summed E-state index contributed by atoms with van der Waals surface area (Å²) in [5.74, 6) is 2.36. The van der Waals surface area contributed by atoms with E-state index in [2.05, 4.69) is 39.4 Å². The minimum Gasteiger partial charge on any atom is -0.444 e. The molecule has 0 aliphatic carbocycles. The number of hydrogen-bond acceptors (Lipinski definition) is 4. The van der Waals surface area contributed by atoms with Crippen molar-refractivity contribution >= 4 is 5.96 Å². The molecule has 1 saturated heterocycles. The lowest BCUT2D eigenvalue weighted by Crippen LogP contribution is -2.39. The number of benzene rings is 1. The normalized spacial score (nSPS) is 16.3. The van der Waals surface area contributed by atoms with E-state index in [1.807, 2.05) is 30.3 Å². The molecule has 0 saturated carbocycles. The van der Waals surface area contributed by atoms with Gasteiger partial charge >= 0.3 is 0 Å². The molecule has 2 N–H and O–H groups in total. The Hall–Kier alpha value is -2.34. The van der Waals surface area contributed by atoms with Gasteiger partial charge in [0.25, 0.3) is 0 Å². The molecule has 0 amide bonds. The summed E-state index contributed by atoms with van der Waals surface area (Å²) in [6.07, 6.45) is 5.48. The standard InChI is InChI=1S/C22H33N5O/c1-3-23-22(24-12-7-13-27-14-10-18(2)11-15-27)25-16-20-17-28-21(26-20)19-8-5-4-6-9-19/h4-6,8-9,17-18H,3,7,10-16H2,1-2H3,(H2,23,24,25). The van der Waals surface area contributed by atoms with Gasteiger partial charge in [-0.3, -0.25) is 0 Å². The summed E-state index contributed by atoms with van der Waals surface area (Å²) >= 11 is 0. The van der Waals surface area contributed by atoms with Gasteiger partial charge in [0.1, 0.15) is 12.0 Å². The molecular weight excluding hydrogens is 350 g/mol. The molecule has 2 heterocycles. The van der Waals surface area contributed by atoms with Crippen LogP contribution < -0.4 is 10.6 Å². The van der Waals surface area contributed by atoms with Crippen LogP contribution in [0.1, 0.15) is 38.8 Å². The predicted molar refractivity (Wildman–Crippen MR) is 114 cm³/mol. The fourth-order valence-corrected chi connectivity index (χ4v) is 3.39. The van der Waals surface area contributed by atoms with Crippen LogP contribution in [0.15, 0.2) is 46.0 Å². The molecule has 28 heavy (non-hydrogen) atoms. The van der Waals surface area contributed by atoms with Gasteiger partial charge in [0.15, 0.2) is 5.96 Å². The van der Waals surface area contributed by atoms with E-state index in [1.54, 1.807) is 6.26 Å². The number of aliphatic imine (C=N–C) groups is 1. The second-order valence-electron chi connectivity index (χ2n) is 7.51. The Morgan fingerprint density at radius 2 is 2.00 bits per heavy atom. The van der Waals surface area contributed by atoms with Gasteiger partial charge < -0.3 is 20.0 Å². The Morgan fingerprint density at radius 1 is 1.21 bits per heavy atom. The fourth-order valence-electron chi connectivity index (χ4n) is 3.39. The highest BCUT2D eigenvalue weighted by Crippen LogP contribution is 2.18. The van der Waals surface area contributed by atoms with Crippen LogP contribution in [-0.2, 0) is 6.54 Å². The van der Waals surface area contributed by atoms with Crippen LogP contribution in [-0.4, -0.2) is 48.6 Å². The van der Waals surface area contributed by atoms with Crippen LogP contribution in [0, 0.1) is 5.92 Å². The van der Waals surface area contributed by atoms with Gasteiger partial charge in [-0.25, -0.2) is 9.98 Å². The lowest BCUT2D eigenvalue weighted by Gasteiger charge is -2.30. The Bertz CT molecular complexity index is 720. The van der Waals surface area contributed by atoms with E-state index < -0.39 is 0 Å². The molecule has 6 heteroatoms. The molecule has 2 aromatic rings. The molecule has 0 unspecified atom stereocenters. The lowest BCUT2D eigenvalue weighted by atomic mass is 9.99. The van der Waals surface area contributed by atoms with Crippen LogP contribution in [0.3, 0.4) is 0 Å². The minimum atomic E-state index is 0.496. The summed E-state index contributed by atoms with van der Waals surface area (Å²) < 4.78 is 5.59. The molecule has 0 bridgehead atoms. The molecule has 1 fully saturated rings. The first-order valence-corrected chi connectivity index (χ1v) is 10.5. The fraction of sp³-hybridized carbons (Fsp3) is 0.545. The predicted octanol–water partition coefficient (Wildman–Crippen LogP) is 3.52. The molecule has 152 valence electrons. The Labute approximate surface area is 168 Å². The van der Waals surface area contributed by atoms with E-state index in [9.17, 15) is 0 Å². The second kappa shape index (κ2) is 10.9. The number of piperidine rings is 1. The van der Waals surface area contributed by atoms with Crippen molar-refractivity contribution in [2.75, 3.05) is 32.7 Å². The summed E-state index contributed by atoms with van der Waals surface area (Å²) in [7, 11) is 0. The zero-order valence-electron chi connectivity index (χ0n) is 17.2. The van der Waals surface area contributed by atoms with E-state index in [4.69, 9.17) is 4.42 Å². The van der Waals surface area contributed by atoms with E-state index in [0.717, 1.165) is 49.2 Å². The van der Waals surface area contributed by atoms with Crippen molar-refractivity contribution in [1.82, 2.24) is 20.5 Å². The van der Waals surface area contributed by atoms with Crippen molar-refractivity contribution in [2.24, 2.45) is 10.9 Å². The van der Waals surface area contributed by atoms with Gasteiger partial charge in [-0.1, -0.05) is 25.1 Å². The van der Waals surface area contributed by atoms with E-state index in [0.29, 0.717) is 12.4 Å². The Morgan fingerprint density at radius 3 is 2.75 bits per heavy atom. The third-order valence-electron chi connectivity index (χ3n) is 5.14. The molecular formula is C22H33N5O. The number of oxazole rings is 1. The number of rotatable bonds is 8. The highest BCUT2D eigenvalue weighted by Gasteiger charge is 2.14. The molecule has 1 aromatic heterocycles. The van der Waals surface area contributed by atoms with Gasteiger partial charge in [-0.05, 0) is 63.9 Å². The van der Waals surface area contributed by atoms with Crippen LogP contribution in [0.2, 0.25) is 0 Å². The first-order valence-electron chi connectivity index (χ1n) is 10.5. The monoisotopic (exact) mass is 383 g/mol. The maximum absolute atomic E-state index is 5.59. The van der Waals surface area contributed by atoms with Crippen molar-refractivity contribution in [3.05, 3.63) is 42.3 Å². The average molecular weight is 384 g/mol. The third-order valence-corrected chi connectivity index (χ3v) is 5.14. The average Bonchev–Trinajstić information content (AvgIpc) is 3.20. The first-order chi connectivity index (χ1) is 13.7. The SMILES string of the molecule is CCNC(=NCc1coc(-c2ccccc2)n1)NCCCN1CCC(C)CC1. The van der Waals surface area contributed by atoms with Gasteiger partial charge in [-0.2, -0.15) is 0 Å². The number of guanidine groups is 1. The Kier molecular flexibility index (Phi) is 7.91. The zero-order chi connectivity index (χ0) is 19.6. The summed E-state index contributed by atoms with van der Waals surface area (Å²) in [6.45, 7) is 10.3. The molecule has 0 spiro atoms.